The fraction of sp³-hybridized carbons (Fsp3) is 0.500. The Balaban J connectivity index is 3.33. The summed E-state index contributed by atoms with van der Waals surface area (Å²) in [6, 6.07) is -1.91. The zero-order valence-electron chi connectivity index (χ0n) is 9.19. The summed E-state index contributed by atoms with van der Waals surface area (Å²) in [5.41, 5.74) is 5.16. The molecule has 0 aliphatic carbocycles. The third-order valence-corrected chi connectivity index (χ3v) is 2.50. The van der Waals surface area contributed by atoms with Crippen molar-refractivity contribution in [3.8, 4) is 5.75 Å². The highest BCUT2D eigenvalue weighted by Gasteiger charge is 2.40. The van der Waals surface area contributed by atoms with E-state index in [2.05, 4.69) is 4.98 Å². The quantitative estimate of drug-likeness (QED) is 0.610. The number of aliphatic hydroxyl groups is 2. The second-order valence-corrected chi connectivity index (χ2v) is 3.69. The van der Waals surface area contributed by atoms with Crippen LogP contribution in [0.5, 0.6) is 5.75 Å². The van der Waals surface area contributed by atoms with E-state index in [4.69, 9.17) is 15.9 Å². The van der Waals surface area contributed by atoms with Crippen LogP contribution in [0.25, 0.3) is 0 Å². The van der Waals surface area contributed by atoms with E-state index >= 15 is 0 Å². The number of nitrogens with two attached hydrogens (primary N) is 1. The molecule has 1 rings (SSSR count). The lowest BCUT2D eigenvalue weighted by atomic mass is 9.96. The zero-order chi connectivity index (χ0) is 13.2. The molecule has 5 N–H and O–H groups in total. The fourth-order valence-electron chi connectivity index (χ4n) is 1.43. The van der Waals surface area contributed by atoms with E-state index < -0.39 is 30.9 Å². The molecule has 0 unspecified atom stereocenters. The van der Waals surface area contributed by atoms with Gasteiger partial charge in [0.05, 0.1) is 12.3 Å². The van der Waals surface area contributed by atoms with Crippen LogP contribution in [0.3, 0.4) is 0 Å². The summed E-state index contributed by atoms with van der Waals surface area (Å²) in [4.78, 5) is 3.73. The number of alkyl halides is 2. The van der Waals surface area contributed by atoms with Crippen LogP contribution in [-0.2, 0) is 6.61 Å². The first-order chi connectivity index (χ1) is 7.85. The Hall–Kier alpha value is -1.31. The van der Waals surface area contributed by atoms with Crippen LogP contribution >= 0.6 is 0 Å². The van der Waals surface area contributed by atoms with Gasteiger partial charge in [-0.15, -0.1) is 0 Å². The smallest absolute Gasteiger partial charge is 0.289 e. The highest BCUT2D eigenvalue weighted by atomic mass is 19.3. The first-order valence-electron chi connectivity index (χ1n) is 4.87. The van der Waals surface area contributed by atoms with Crippen LogP contribution in [0.2, 0.25) is 0 Å². The Labute approximate surface area is 96.5 Å². The monoisotopic (exact) mass is 248 g/mol. The van der Waals surface area contributed by atoms with Crippen LogP contribution in [0.15, 0.2) is 6.20 Å². The molecule has 0 aliphatic heterocycles. The average molecular weight is 248 g/mol. The third-order valence-electron chi connectivity index (χ3n) is 2.50. The van der Waals surface area contributed by atoms with Gasteiger partial charge in [0.25, 0.3) is 5.92 Å². The highest BCUT2D eigenvalue weighted by Crippen LogP contribution is 2.36. The average Bonchev–Trinajstić information content (AvgIpc) is 2.31. The largest absolute Gasteiger partial charge is 0.506 e. The Morgan fingerprint density at radius 1 is 1.47 bits per heavy atom. The van der Waals surface area contributed by atoms with Crippen molar-refractivity contribution in [1.29, 1.82) is 0 Å². The molecule has 1 aromatic heterocycles. The topological polar surface area (TPSA) is 99.6 Å². The van der Waals surface area contributed by atoms with Gasteiger partial charge < -0.3 is 21.1 Å². The molecular formula is C10H14F2N2O3. The molecule has 1 heterocycles. The minimum absolute atomic E-state index is 0.00808. The van der Waals surface area contributed by atoms with E-state index in [1.54, 1.807) is 0 Å². The van der Waals surface area contributed by atoms with Gasteiger partial charge in [-0.05, 0) is 6.92 Å². The second kappa shape index (κ2) is 4.91. The molecule has 0 radical (unpaired) electrons. The van der Waals surface area contributed by atoms with Gasteiger partial charge >= 0.3 is 0 Å². The zero-order valence-corrected chi connectivity index (χ0v) is 9.19. The number of aliphatic hydroxyl groups excluding tert-OH is 2. The minimum Gasteiger partial charge on any atom is -0.506 e. The predicted octanol–water partition coefficient (Wildman–Crippen LogP) is 0.215. The summed E-state index contributed by atoms with van der Waals surface area (Å²) in [6.45, 7) is -0.602. The normalized spacial score (nSPS) is 13.8. The molecule has 1 atom stereocenters. The van der Waals surface area contributed by atoms with Crippen molar-refractivity contribution in [3.63, 3.8) is 0 Å². The number of hydrogen-bond acceptors (Lipinski definition) is 5. The number of aromatic nitrogens is 1. The molecule has 0 saturated carbocycles. The van der Waals surface area contributed by atoms with E-state index in [1.807, 2.05) is 0 Å². The second-order valence-electron chi connectivity index (χ2n) is 3.69. The lowest BCUT2D eigenvalue weighted by Crippen LogP contribution is -2.37. The van der Waals surface area contributed by atoms with Crippen LogP contribution in [0.1, 0.15) is 22.9 Å². The van der Waals surface area contributed by atoms with Gasteiger partial charge in [-0.3, -0.25) is 4.98 Å². The molecule has 0 aromatic carbocycles. The molecule has 0 fully saturated rings. The van der Waals surface area contributed by atoms with Crippen molar-refractivity contribution < 1.29 is 24.1 Å². The lowest BCUT2D eigenvalue weighted by Gasteiger charge is -2.24. The van der Waals surface area contributed by atoms with Crippen molar-refractivity contribution in [3.05, 3.63) is 23.0 Å². The molecule has 5 nitrogen and oxygen atoms in total. The molecule has 0 saturated heterocycles. The van der Waals surface area contributed by atoms with Gasteiger partial charge in [-0.25, -0.2) is 8.78 Å². The third kappa shape index (κ3) is 2.51. The number of nitrogens with zero attached hydrogens (tertiary/aromatic N) is 1. The van der Waals surface area contributed by atoms with E-state index in [0.717, 1.165) is 6.20 Å². The van der Waals surface area contributed by atoms with Crippen LogP contribution in [0, 0.1) is 6.92 Å². The van der Waals surface area contributed by atoms with E-state index in [0.29, 0.717) is 0 Å². The molecule has 17 heavy (non-hydrogen) atoms. The van der Waals surface area contributed by atoms with Crippen LogP contribution in [0.4, 0.5) is 8.78 Å². The number of aromatic hydroxyl groups is 1. The van der Waals surface area contributed by atoms with E-state index in [9.17, 15) is 13.9 Å². The fourth-order valence-corrected chi connectivity index (χ4v) is 1.43. The molecular weight excluding hydrogens is 234 g/mol. The number of halogens is 2. The summed E-state index contributed by atoms with van der Waals surface area (Å²) in [5, 5.41) is 27.2. The Kier molecular flexibility index (Phi) is 3.97. The van der Waals surface area contributed by atoms with Gasteiger partial charge in [0, 0.05) is 17.3 Å². The van der Waals surface area contributed by atoms with Crippen LogP contribution in [-0.4, -0.2) is 32.8 Å². The molecule has 7 heteroatoms. The molecule has 1 aromatic rings. The molecule has 0 bridgehead atoms. The van der Waals surface area contributed by atoms with Crippen molar-refractivity contribution in [1.82, 2.24) is 4.98 Å². The van der Waals surface area contributed by atoms with Crippen LogP contribution < -0.4 is 5.73 Å². The lowest BCUT2D eigenvalue weighted by molar-refractivity contribution is -0.0719. The Bertz CT molecular complexity index is 413. The van der Waals surface area contributed by atoms with Gasteiger partial charge in [0.15, 0.2) is 0 Å². The van der Waals surface area contributed by atoms with Crippen molar-refractivity contribution >= 4 is 0 Å². The SMILES string of the molecule is Cc1ncc(CO)c([C@@H](N)C(F)(F)CO)c1O. The first kappa shape index (κ1) is 13.8. The van der Waals surface area contributed by atoms with Gasteiger partial charge in [-0.2, -0.15) is 0 Å². The first-order valence-corrected chi connectivity index (χ1v) is 4.87. The van der Waals surface area contributed by atoms with Gasteiger partial charge in [0.2, 0.25) is 0 Å². The summed E-state index contributed by atoms with van der Waals surface area (Å²) in [6.07, 6.45) is 1.16. The highest BCUT2D eigenvalue weighted by molar-refractivity contribution is 5.43. The Morgan fingerprint density at radius 3 is 2.53 bits per heavy atom. The van der Waals surface area contributed by atoms with E-state index in [1.165, 1.54) is 6.92 Å². The number of pyridine rings is 1. The molecule has 0 amide bonds. The maximum absolute atomic E-state index is 13.3. The molecule has 96 valence electrons. The van der Waals surface area contributed by atoms with Crippen molar-refractivity contribution in [2.24, 2.45) is 5.73 Å². The summed E-state index contributed by atoms with van der Waals surface area (Å²) in [7, 11) is 0. The van der Waals surface area contributed by atoms with Gasteiger partial charge in [0.1, 0.15) is 18.4 Å². The predicted molar refractivity (Wildman–Crippen MR) is 55.5 cm³/mol. The number of hydrogen-bond donors (Lipinski definition) is 4. The van der Waals surface area contributed by atoms with Gasteiger partial charge in [-0.1, -0.05) is 0 Å². The van der Waals surface area contributed by atoms with E-state index in [-0.39, 0.29) is 16.8 Å². The molecule has 0 aliphatic rings. The summed E-state index contributed by atoms with van der Waals surface area (Å²) >= 11 is 0. The number of rotatable bonds is 4. The maximum atomic E-state index is 13.3. The minimum atomic E-state index is -3.59. The summed E-state index contributed by atoms with van der Waals surface area (Å²) in [5.74, 6) is -4.08. The maximum Gasteiger partial charge on any atom is 0.289 e. The molecule has 0 spiro atoms. The summed E-state index contributed by atoms with van der Waals surface area (Å²) < 4.78 is 26.5. The Morgan fingerprint density at radius 2 is 2.06 bits per heavy atom. The standard InChI is InChI=1S/C10H14F2N2O3/c1-5-8(17)7(6(3-15)2-14-5)9(13)10(11,12)4-16/h2,9,15-17H,3-4,13H2,1H3/t9-/m1/s1. The number of aryl methyl sites for hydroxylation is 1. The van der Waals surface area contributed by atoms with Crippen molar-refractivity contribution in [2.45, 2.75) is 25.5 Å². The van der Waals surface area contributed by atoms with Crippen molar-refractivity contribution in [2.75, 3.05) is 6.61 Å².